The van der Waals surface area contributed by atoms with E-state index in [1.165, 1.54) is 6.07 Å². The number of amides is 1. The summed E-state index contributed by atoms with van der Waals surface area (Å²) in [6.07, 6.45) is 1.93. The third-order valence-electron chi connectivity index (χ3n) is 4.35. The molecular weight excluding hydrogens is 291 g/mol. The van der Waals surface area contributed by atoms with Crippen molar-refractivity contribution in [3.05, 3.63) is 52.8 Å². The summed E-state index contributed by atoms with van der Waals surface area (Å²) in [6.45, 7) is 0.706. The Balaban J connectivity index is 1.91. The van der Waals surface area contributed by atoms with E-state index >= 15 is 0 Å². The number of rotatable bonds is 1. The molecular formula is C17H12F3NO. The lowest BCUT2D eigenvalue weighted by molar-refractivity contribution is -0.117. The van der Waals surface area contributed by atoms with Gasteiger partial charge < -0.3 is 4.90 Å². The van der Waals surface area contributed by atoms with Crippen LogP contribution in [-0.2, 0) is 17.6 Å². The molecule has 0 aliphatic carbocycles. The molecule has 1 amide bonds. The van der Waals surface area contributed by atoms with Gasteiger partial charge >= 0.3 is 0 Å². The molecule has 0 saturated heterocycles. The van der Waals surface area contributed by atoms with Gasteiger partial charge in [0.1, 0.15) is 0 Å². The lowest BCUT2D eigenvalue weighted by Crippen LogP contribution is -2.31. The number of halogens is 3. The largest absolute Gasteiger partial charge is 0.312 e. The van der Waals surface area contributed by atoms with Gasteiger partial charge in [0.25, 0.3) is 0 Å². The van der Waals surface area contributed by atoms with Crippen molar-refractivity contribution in [3.8, 4) is 11.1 Å². The minimum Gasteiger partial charge on any atom is -0.312 e. The Bertz CT molecular complexity index is 816. The van der Waals surface area contributed by atoms with Crippen molar-refractivity contribution in [1.29, 1.82) is 0 Å². The van der Waals surface area contributed by atoms with Gasteiger partial charge in [-0.15, -0.1) is 0 Å². The second-order valence-corrected chi connectivity index (χ2v) is 5.69. The maximum absolute atomic E-state index is 14.0. The van der Waals surface area contributed by atoms with E-state index < -0.39 is 17.5 Å². The molecule has 0 fully saturated rings. The molecule has 2 aliphatic rings. The zero-order valence-corrected chi connectivity index (χ0v) is 11.6. The Labute approximate surface area is 125 Å². The van der Waals surface area contributed by atoms with Crippen LogP contribution in [0.2, 0.25) is 0 Å². The summed E-state index contributed by atoms with van der Waals surface area (Å²) in [7, 11) is 0. The van der Waals surface area contributed by atoms with Crippen LogP contribution in [0.5, 0.6) is 0 Å². The predicted octanol–water partition coefficient (Wildman–Crippen LogP) is 3.61. The van der Waals surface area contributed by atoms with E-state index in [9.17, 15) is 18.0 Å². The summed E-state index contributed by atoms with van der Waals surface area (Å²) >= 11 is 0. The summed E-state index contributed by atoms with van der Waals surface area (Å²) in [4.78, 5) is 13.8. The van der Waals surface area contributed by atoms with Gasteiger partial charge in [-0.2, -0.15) is 0 Å². The summed E-state index contributed by atoms with van der Waals surface area (Å²) in [5, 5.41) is 0. The van der Waals surface area contributed by atoms with E-state index in [1.807, 2.05) is 0 Å². The van der Waals surface area contributed by atoms with E-state index in [0.717, 1.165) is 35.7 Å². The first-order valence-corrected chi connectivity index (χ1v) is 7.16. The Morgan fingerprint density at radius 1 is 1.00 bits per heavy atom. The average Bonchev–Trinajstić information content (AvgIpc) is 2.83. The van der Waals surface area contributed by atoms with Crippen LogP contribution in [0.15, 0.2) is 24.3 Å². The van der Waals surface area contributed by atoms with Gasteiger partial charge in [0, 0.05) is 12.1 Å². The van der Waals surface area contributed by atoms with Gasteiger partial charge in [-0.1, -0.05) is 0 Å². The molecule has 0 saturated carbocycles. The van der Waals surface area contributed by atoms with Gasteiger partial charge in [-0.25, -0.2) is 13.2 Å². The Kier molecular flexibility index (Phi) is 2.79. The molecule has 2 nitrogen and oxygen atoms in total. The van der Waals surface area contributed by atoms with Crippen molar-refractivity contribution in [3.63, 3.8) is 0 Å². The summed E-state index contributed by atoms with van der Waals surface area (Å²) in [5.41, 5.74) is 3.23. The number of hydrogen-bond donors (Lipinski definition) is 0. The van der Waals surface area contributed by atoms with Gasteiger partial charge in [0.15, 0.2) is 17.5 Å². The van der Waals surface area contributed by atoms with Crippen LogP contribution in [0, 0.1) is 17.5 Å². The van der Waals surface area contributed by atoms with Crippen LogP contribution in [0.4, 0.5) is 18.9 Å². The highest BCUT2D eigenvalue weighted by Gasteiger charge is 2.32. The number of carbonyl (C=O) groups excluding carboxylic acids is 1. The van der Waals surface area contributed by atoms with Crippen molar-refractivity contribution in [2.24, 2.45) is 0 Å². The third-order valence-corrected chi connectivity index (χ3v) is 4.35. The van der Waals surface area contributed by atoms with Crippen molar-refractivity contribution < 1.29 is 18.0 Å². The summed E-state index contributed by atoms with van der Waals surface area (Å²) < 4.78 is 40.6. The van der Waals surface area contributed by atoms with Crippen LogP contribution in [0.3, 0.4) is 0 Å². The molecule has 0 aromatic heterocycles. The molecule has 5 heteroatoms. The third kappa shape index (κ3) is 1.78. The van der Waals surface area contributed by atoms with Crippen molar-refractivity contribution in [2.75, 3.05) is 11.4 Å². The fourth-order valence-electron chi connectivity index (χ4n) is 3.38. The molecule has 2 heterocycles. The van der Waals surface area contributed by atoms with Gasteiger partial charge in [-0.05, 0) is 53.8 Å². The molecule has 0 radical (unpaired) electrons. The average molecular weight is 303 g/mol. The molecule has 2 aromatic rings. The van der Waals surface area contributed by atoms with Crippen molar-refractivity contribution >= 4 is 11.6 Å². The molecule has 0 unspecified atom stereocenters. The van der Waals surface area contributed by atoms with E-state index in [4.69, 9.17) is 0 Å². The fraction of sp³-hybridized carbons (Fsp3) is 0.235. The summed E-state index contributed by atoms with van der Waals surface area (Å²) in [6, 6.07) is 5.64. The zero-order valence-electron chi connectivity index (χ0n) is 11.6. The minimum absolute atomic E-state index is 0.0226. The highest BCUT2D eigenvalue weighted by molar-refractivity contribution is 6.03. The topological polar surface area (TPSA) is 20.3 Å². The number of nitrogens with zero attached hydrogens (tertiary/aromatic N) is 1. The monoisotopic (exact) mass is 303 g/mol. The predicted molar refractivity (Wildman–Crippen MR) is 76.1 cm³/mol. The quantitative estimate of drug-likeness (QED) is 0.737. The molecule has 0 bridgehead atoms. The number of anilines is 1. The molecule has 2 aliphatic heterocycles. The first-order chi connectivity index (χ1) is 10.6. The van der Waals surface area contributed by atoms with Crippen LogP contribution < -0.4 is 4.90 Å². The van der Waals surface area contributed by atoms with Crippen molar-refractivity contribution in [2.45, 2.75) is 19.3 Å². The van der Waals surface area contributed by atoms with E-state index in [2.05, 4.69) is 0 Å². The number of benzene rings is 2. The van der Waals surface area contributed by atoms with E-state index in [-0.39, 0.29) is 17.9 Å². The smallest absolute Gasteiger partial charge is 0.231 e. The minimum atomic E-state index is -1.47. The normalized spacial score (nSPS) is 16.1. The van der Waals surface area contributed by atoms with Crippen LogP contribution in [0.25, 0.3) is 11.1 Å². The number of carbonyl (C=O) groups is 1. The Morgan fingerprint density at radius 2 is 1.77 bits per heavy atom. The first-order valence-electron chi connectivity index (χ1n) is 7.16. The second kappa shape index (κ2) is 4.60. The molecule has 112 valence electrons. The second-order valence-electron chi connectivity index (χ2n) is 5.69. The number of hydrogen-bond acceptors (Lipinski definition) is 1. The zero-order chi connectivity index (χ0) is 15.4. The Morgan fingerprint density at radius 3 is 2.59 bits per heavy atom. The van der Waals surface area contributed by atoms with Gasteiger partial charge in [0.2, 0.25) is 5.91 Å². The lowest BCUT2D eigenvalue weighted by Gasteiger charge is -2.26. The van der Waals surface area contributed by atoms with E-state index in [1.54, 1.807) is 17.0 Å². The SMILES string of the molecule is O=C1Cc2cc(-c3ccc(F)c(F)c3F)cc3c2N1CCC3. The maximum atomic E-state index is 14.0. The maximum Gasteiger partial charge on any atom is 0.231 e. The first kappa shape index (κ1) is 13.4. The number of aryl methyl sites for hydroxylation is 1. The summed E-state index contributed by atoms with van der Waals surface area (Å²) in [5.74, 6) is -3.82. The molecule has 2 aromatic carbocycles. The van der Waals surface area contributed by atoms with Crippen LogP contribution in [-0.4, -0.2) is 12.5 Å². The molecule has 0 atom stereocenters. The molecule has 0 spiro atoms. The van der Waals surface area contributed by atoms with Crippen LogP contribution >= 0.6 is 0 Å². The van der Waals surface area contributed by atoms with Crippen molar-refractivity contribution in [1.82, 2.24) is 0 Å². The highest BCUT2D eigenvalue weighted by Crippen LogP contribution is 2.40. The molecule has 0 N–H and O–H groups in total. The highest BCUT2D eigenvalue weighted by atomic mass is 19.2. The van der Waals surface area contributed by atoms with Crippen LogP contribution in [0.1, 0.15) is 17.5 Å². The fourth-order valence-corrected chi connectivity index (χ4v) is 3.38. The Hall–Kier alpha value is -2.30. The lowest BCUT2D eigenvalue weighted by atomic mass is 9.93. The molecule has 22 heavy (non-hydrogen) atoms. The molecule has 4 rings (SSSR count). The van der Waals surface area contributed by atoms with Gasteiger partial charge in [-0.3, -0.25) is 4.79 Å². The van der Waals surface area contributed by atoms with Gasteiger partial charge in [0.05, 0.1) is 12.1 Å². The standard InChI is InChI=1S/C17H12F3NO/c18-13-4-3-12(15(19)16(13)20)10-6-9-2-1-5-21-14(22)8-11(7-10)17(9)21/h3-4,6-7H,1-2,5,8H2. The van der Waals surface area contributed by atoms with E-state index in [0.29, 0.717) is 12.1 Å².